The summed E-state index contributed by atoms with van der Waals surface area (Å²) in [5.74, 6) is -5.62. The van der Waals surface area contributed by atoms with E-state index in [1.807, 2.05) is 0 Å². The number of halogens is 3. The third-order valence-corrected chi connectivity index (χ3v) is 4.45. The smallest absolute Gasteiger partial charge is 0.312 e. The minimum absolute atomic E-state index is 0.00132. The van der Waals surface area contributed by atoms with Gasteiger partial charge in [-0.25, -0.2) is 13.2 Å². The molecule has 2 amide bonds. The van der Waals surface area contributed by atoms with E-state index in [1.165, 1.54) is 25.1 Å². The lowest BCUT2D eigenvalue weighted by Crippen LogP contribution is -2.33. The van der Waals surface area contributed by atoms with Gasteiger partial charge < -0.3 is 15.0 Å². The van der Waals surface area contributed by atoms with Gasteiger partial charge in [0.15, 0.2) is 17.7 Å². The maximum absolute atomic E-state index is 13.9. The average molecular weight is 406 g/mol. The lowest BCUT2D eigenvalue weighted by molar-refractivity contribution is -0.157. The van der Waals surface area contributed by atoms with E-state index in [0.29, 0.717) is 0 Å². The minimum Gasteiger partial charge on any atom is -0.452 e. The predicted octanol–water partition coefficient (Wildman–Crippen LogP) is 3.03. The summed E-state index contributed by atoms with van der Waals surface area (Å²) in [6, 6.07) is 8.50. The van der Waals surface area contributed by atoms with Crippen LogP contribution in [0.3, 0.4) is 0 Å². The second-order valence-corrected chi connectivity index (χ2v) is 6.55. The van der Waals surface area contributed by atoms with Gasteiger partial charge in [-0.05, 0) is 31.2 Å². The summed E-state index contributed by atoms with van der Waals surface area (Å²) in [5.41, 5.74) is 0.0653. The normalized spacial score (nSPS) is 17.2. The van der Waals surface area contributed by atoms with Crippen molar-refractivity contribution in [3.63, 3.8) is 0 Å². The number of carbonyl (C=O) groups excluding carboxylic acids is 3. The molecule has 29 heavy (non-hydrogen) atoms. The molecule has 1 fully saturated rings. The Morgan fingerprint density at radius 3 is 2.52 bits per heavy atom. The van der Waals surface area contributed by atoms with Gasteiger partial charge in [0.1, 0.15) is 5.82 Å². The molecule has 1 aliphatic rings. The van der Waals surface area contributed by atoms with Crippen LogP contribution in [0.15, 0.2) is 42.5 Å². The highest BCUT2D eigenvalue weighted by Crippen LogP contribution is 2.28. The van der Waals surface area contributed by atoms with E-state index in [-0.39, 0.29) is 24.3 Å². The first-order chi connectivity index (χ1) is 13.8. The van der Waals surface area contributed by atoms with E-state index in [0.717, 1.165) is 23.1 Å². The van der Waals surface area contributed by atoms with Crippen LogP contribution < -0.4 is 10.2 Å². The first-order valence-electron chi connectivity index (χ1n) is 8.77. The van der Waals surface area contributed by atoms with Gasteiger partial charge in [-0.2, -0.15) is 0 Å². The van der Waals surface area contributed by atoms with Crippen LogP contribution in [0.4, 0.5) is 24.5 Å². The van der Waals surface area contributed by atoms with Crippen LogP contribution in [-0.2, 0) is 19.1 Å². The summed E-state index contributed by atoms with van der Waals surface area (Å²) in [7, 11) is 0. The highest BCUT2D eigenvalue weighted by atomic mass is 19.2. The summed E-state index contributed by atoms with van der Waals surface area (Å²) in [6.07, 6.45) is -1.42. The van der Waals surface area contributed by atoms with Gasteiger partial charge in [-0.15, -0.1) is 0 Å². The molecule has 0 bridgehead atoms. The monoisotopic (exact) mass is 406 g/mol. The number of nitrogens with one attached hydrogen (secondary N) is 1. The van der Waals surface area contributed by atoms with Gasteiger partial charge in [0.25, 0.3) is 5.91 Å². The number of esters is 1. The van der Waals surface area contributed by atoms with Crippen molar-refractivity contribution >= 4 is 29.2 Å². The van der Waals surface area contributed by atoms with E-state index < -0.39 is 47.3 Å². The highest BCUT2D eigenvalue weighted by Gasteiger charge is 2.38. The number of hydrogen-bond donors (Lipinski definition) is 1. The third kappa shape index (κ3) is 4.56. The Balaban J connectivity index is 1.59. The van der Waals surface area contributed by atoms with Crippen molar-refractivity contribution in [3.05, 3.63) is 59.9 Å². The second-order valence-electron chi connectivity index (χ2n) is 6.55. The van der Waals surface area contributed by atoms with Crippen molar-refractivity contribution in [2.24, 2.45) is 5.92 Å². The molecule has 0 unspecified atom stereocenters. The highest BCUT2D eigenvalue weighted by molar-refractivity contribution is 6.00. The number of benzene rings is 2. The molecule has 0 spiro atoms. The number of anilines is 2. The Morgan fingerprint density at radius 1 is 1.10 bits per heavy atom. The fraction of sp³-hybridized carbons (Fsp3) is 0.250. The summed E-state index contributed by atoms with van der Waals surface area (Å²) in [5, 5.41) is 2.31. The Morgan fingerprint density at radius 2 is 1.83 bits per heavy atom. The summed E-state index contributed by atoms with van der Waals surface area (Å²) in [4.78, 5) is 37.8. The van der Waals surface area contributed by atoms with E-state index in [4.69, 9.17) is 4.74 Å². The second kappa shape index (κ2) is 8.34. The standard InChI is InChI=1S/C20H17F3N2O4/c1-11(19(27)24-13-6-7-14(21)16(23)9-13)29-20(28)12-8-18(26)25(10-12)17-5-3-2-4-15(17)22/h2-7,9,11-12H,8,10H2,1H3,(H,24,27)/t11-,12-/m0/s1. The molecular formula is C20H17F3N2O4. The third-order valence-electron chi connectivity index (χ3n) is 4.45. The molecule has 152 valence electrons. The van der Waals surface area contributed by atoms with Crippen molar-refractivity contribution in [1.29, 1.82) is 0 Å². The van der Waals surface area contributed by atoms with Crippen LogP contribution in [0.2, 0.25) is 0 Å². The molecule has 1 heterocycles. The van der Waals surface area contributed by atoms with E-state index in [1.54, 1.807) is 6.07 Å². The van der Waals surface area contributed by atoms with Crippen LogP contribution in [-0.4, -0.2) is 30.4 Å². The van der Waals surface area contributed by atoms with E-state index in [2.05, 4.69) is 5.32 Å². The molecule has 6 nitrogen and oxygen atoms in total. The first-order valence-corrected chi connectivity index (χ1v) is 8.77. The van der Waals surface area contributed by atoms with Crippen molar-refractivity contribution in [1.82, 2.24) is 0 Å². The Hall–Kier alpha value is -3.36. The number of amides is 2. The first kappa shape index (κ1) is 20.4. The lowest BCUT2D eigenvalue weighted by Gasteiger charge is -2.18. The topological polar surface area (TPSA) is 75.7 Å². The van der Waals surface area contributed by atoms with Crippen molar-refractivity contribution in [2.75, 3.05) is 16.8 Å². The van der Waals surface area contributed by atoms with Crippen LogP contribution in [0.5, 0.6) is 0 Å². The van der Waals surface area contributed by atoms with Crippen molar-refractivity contribution in [2.45, 2.75) is 19.4 Å². The van der Waals surface area contributed by atoms with Gasteiger partial charge >= 0.3 is 5.97 Å². The van der Waals surface area contributed by atoms with Gasteiger partial charge in [0, 0.05) is 24.7 Å². The molecule has 1 aliphatic heterocycles. The molecule has 2 atom stereocenters. The zero-order valence-corrected chi connectivity index (χ0v) is 15.3. The molecule has 0 aromatic heterocycles. The Bertz CT molecular complexity index is 966. The Kier molecular flexibility index (Phi) is 5.86. The largest absolute Gasteiger partial charge is 0.452 e. The SMILES string of the molecule is C[C@H](OC(=O)[C@H]1CC(=O)N(c2ccccc2F)C1)C(=O)Nc1ccc(F)c(F)c1. The molecule has 2 aromatic rings. The molecule has 0 radical (unpaired) electrons. The molecule has 1 saturated heterocycles. The summed E-state index contributed by atoms with van der Waals surface area (Å²) >= 11 is 0. The summed E-state index contributed by atoms with van der Waals surface area (Å²) < 4.78 is 45.2. The summed E-state index contributed by atoms with van der Waals surface area (Å²) in [6.45, 7) is 1.23. The van der Waals surface area contributed by atoms with Crippen molar-refractivity contribution in [3.8, 4) is 0 Å². The molecule has 3 rings (SSSR count). The van der Waals surface area contributed by atoms with Gasteiger partial charge in [-0.1, -0.05) is 12.1 Å². The van der Waals surface area contributed by atoms with Crippen LogP contribution in [0.25, 0.3) is 0 Å². The maximum atomic E-state index is 13.9. The molecule has 0 saturated carbocycles. The molecule has 0 aliphatic carbocycles. The number of ether oxygens (including phenoxy) is 1. The zero-order chi connectivity index (χ0) is 21.1. The predicted molar refractivity (Wildman–Crippen MR) is 97.4 cm³/mol. The fourth-order valence-electron chi connectivity index (χ4n) is 2.91. The minimum atomic E-state index is -1.24. The Labute approximate surface area is 164 Å². The number of carbonyl (C=O) groups is 3. The van der Waals surface area contributed by atoms with Gasteiger partial charge in [0.2, 0.25) is 5.91 Å². The molecule has 1 N–H and O–H groups in total. The number of para-hydroxylation sites is 1. The number of hydrogen-bond acceptors (Lipinski definition) is 4. The zero-order valence-electron chi connectivity index (χ0n) is 15.3. The van der Waals surface area contributed by atoms with Crippen LogP contribution >= 0.6 is 0 Å². The van der Waals surface area contributed by atoms with Crippen molar-refractivity contribution < 1.29 is 32.3 Å². The fourth-order valence-corrected chi connectivity index (χ4v) is 2.91. The van der Waals surface area contributed by atoms with Crippen LogP contribution in [0.1, 0.15) is 13.3 Å². The number of rotatable bonds is 5. The molecule has 2 aromatic carbocycles. The number of nitrogens with zero attached hydrogens (tertiary/aromatic N) is 1. The van der Waals surface area contributed by atoms with E-state index >= 15 is 0 Å². The quantitative estimate of drug-likeness (QED) is 0.775. The molecule has 9 heteroatoms. The molecular weight excluding hydrogens is 389 g/mol. The lowest BCUT2D eigenvalue weighted by atomic mass is 10.1. The van der Waals surface area contributed by atoms with Gasteiger partial charge in [0.05, 0.1) is 11.6 Å². The average Bonchev–Trinajstić information content (AvgIpc) is 3.06. The van der Waals surface area contributed by atoms with E-state index in [9.17, 15) is 27.6 Å². The van der Waals surface area contributed by atoms with Crippen LogP contribution in [0, 0.1) is 23.4 Å². The van der Waals surface area contributed by atoms with Gasteiger partial charge in [-0.3, -0.25) is 14.4 Å². The maximum Gasteiger partial charge on any atom is 0.312 e.